The number of aliphatic hydroxyl groups excluding tert-OH is 3. The summed E-state index contributed by atoms with van der Waals surface area (Å²) in [6, 6.07) is -0.767. The SMILES string of the molecule is CC(C)(C)OC(=O)CN1CCN(CC(=O)O)CCN([C@H](CO)[C@H](O)CO)CCN(CC(=O)OC(C)(C)C)CC1. The highest BCUT2D eigenvalue weighted by Crippen LogP contribution is 2.11. The fourth-order valence-electron chi connectivity index (χ4n) is 4.26. The molecule has 0 spiro atoms. The molecule has 39 heavy (non-hydrogen) atoms. The van der Waals surface area contributed by atoms with Crippen molar-refractivity contribution in [2.24, 2.45) is 0 Å². The number of carbonyl (C=O) groups excluding carboxylic acids is 2. The average molecular weight is 563 g/mol. The van der Waals surface area contributed by atoms with Gasteiger partial charge in [-0.15, -0.1) is 0 Å². The van der Waals surface area contributed by atoms with E-state index in [-0.39, 0.29) is 19.6 Å². The number of hydrogen-bond donors (Lipinski definition) is 4. The van der Waals surface area contributed by atoms with Crippen LogP contribution >= 0.6 is 0 Å². The van der Waals surface area contributed by atoms with Gasteiger partial charge in [-0.1, -0.05) is 0 Å². The van der Waals surface area contributed by atoms with E-state index in [2.05, 4.69) is 0 Å². The fraction of sp³-hybridized carbons (Fsp3) is 0.885. The van der Waals surface area contributed by atoms with Crippen LogP contribution in [-0.2, 0) is 23.9 Å². The summed E-state index contributed by atoms with van der Waals surface area (Å²) in [5.74, 6) is -1.79. The van der Waals surface area contributed by atoms with E-state index in [0.29, 0.717) is 52.4 Å². The number of aliphatic carboxylic acids is 1. The lowest BCUT2D eigenvalue weighted by Crippen LogP contribution is -2.54. The van der Waals surface area contributed by atoms with Crippen LogP contribution in [0.15, 0.2) is 0 Å². The molecule has 1 saturated heterocycles. The van der Waals surface area contributed by atoms with E-state index in [1.165, 1.54) is 0 Å². The van der Waals surface area contributed by atoms with E-state index in [1.807, 2.05) is 9.80 Å². The number of aliphatic hydroxyl groups is 3. The number of rotatable bonds is 10. The van der Waals surface area contributed by atoms with Crippen molar-refractivity contribution >= 4 is 17.9 Å². The third-order valence-electron chi connectivity index (χ3n) is 6.06. The van der Waals surface area contributed by atoms with E-state index < -0.39 is 54.5 Å². The zero-order valence-corrected chi connectivity index (χ0v) is 24.5. The number of carboxylic acid groups (broad SMARTS) is 1. The molecule has 0 aromatic rings. The Morgan fingerprint density at radius 3 is 1.33 bits per heavy atom. The molecule has 1 aliphatic heterocycles. The topological polar surface area (TPSA) is 164 Å². The van der Waals surface area contributed by atoms with E-state index >= 15 is 0 Å². The first-order chi connectivity index (χ1) is 18.0. The summed E-state index contributed by atoms with van der Waals surface area (Å²) in [4.78, 5) is 44.1. The minimum absolute atomic E-state index is 0.00285. The van der Waals surface area contributed by atoms with E-state index in [4.69, 9.17) is 9.47 Å². The van der Waals surface area contributed by atoms with E-state index in [0.717, 1.165) is 0 Å². The molecular formula is C26H50N4O9. The van der Waals surface area contributed by atoms with Gasteiger partial charge in [0.25, 0.3) is 0 Å². The quantitative estimate of drug-likeness (QED) is 0.232. The Kier molecular flexibility index (Phi) is 14.8. The van der Waals surface area contributed by atoms with E-state index in [1.54, 1.807) is 51.3 Å². The summed E-state index contributed by atoms with van der Waals surface area (Å²) in [7, 11) is 0. The second kappa shape index (κ2) is 16.4. The number of carbonyl (C=O) groups is 3. The third-order valence-corrected chi connectivity index (χ3v) is 6.06. The molecule has 0 radical (unpaired) electrons. The molecule has 1 fully saturated rings. The first-order valence-corrected chi connectivity index (χ1v) is 13.5. The maximum absolute atomic E-state index is 12.6. The molecular weight excluding hydrogens is 512 g/mol. The van der Waals surface area contributed by atoms with Crippen LogP contribution in [0, 0.1) is 0 Å². The first kappa shape index (κ1) is 35.2. The van der Waals surface area contributed by atoms with E-state index in [9.17, 15) is 34.8 Å². The molecule has 0 saturated carbocycles. The first-order valence-electron chi connectivity index (χ1n) is 13.5. The standard InChI is InChI=1S/C26H50N4O9/c1-25(2,3)38-23(36)16-28-8-7-27(15-22(34)35)11-13-30(20(18-31)21(33)19-32)14-12-29(10-9-28)17-24(37)39-26(4,5)6/h20-21,31-33H,7-19H2,1-6H3,(H,34,35)/t20-,21-/m1/s1. The van der Waals surface area contributed by atoms with Crippen molar-refractivity contribution in [2.75, 3.05) is 85.2 Å². The Morgan fingerprint density at radius 2 is 1.03 bits per heavy atom. The Bertz CT molecular complexity index is 770. The third kappa shape index (κ3) is 15.5. The van der Waals surface area contributed by atoms with Gasteiger partial charge in [-0.2, -0.15) is 0 Å². The van der Waals surface area contributed by atoms with Gasteiger partial charge in [-0.25, -0.2) is 0 Å². The largest absolute Gasteiger partial charge is 0.480 e. The fourth-order valence-corrected chi connectivity index (χ4v) is 4.26. The van der Waals surface area contributed by atoms with Gasteiger partial charge in [-0.3, -0.25) is 34.0 Å². The lowest BCUT2D eigenvalue weighted by Gasteiger charge is -2.37. The molecule has 228 valence electrons. The van der Waals surface area contributed by atoms with Crippen LogP contribution in [0.25, 0.3) is 0 Å². The maximum atomic E-state index is 12.6. The molecule has 0 aromatic heterocycles. The van der Waals surface area contributed by atoms with Gasteiger partial charge in [-0.05, 0) is 41.5 Å². The highest BCUT2D eigenvalue weighted by molar-refractivity contribution is 5.72. The summed E-state index contributed by atoms with van der Waals surface area (Å²) in [5.41, 5.74) is -1.30. The monoisotopic (exact) mass is 562 g/mol. The molecule has 1 heterocycles. The Labute approximate surface area is 232 Å². The van der Waals surface area contributed by atoms with Crippen molar-refractivity contribution in [2.45, 2.75) is 64.9 Å². The summed E-state index contributed by atoms with van der Waals surface area (Å²) in [6.07, 6.45) is -1.19. The molecule has 4 N–H and O–H groups in total. The van der Waals surface area contributed by atoms with Gasteiger partial charge in [0.1, 0.15) is 11.2 Å². The number of nitrogens with zero attached hydrogens (tertiary/aromatic N) is 4. The number of hydrogen-bond acceptors (Lipinski definition) is 12. The Balaban J connectivity index is 3.19. The second-order valence-corrected chi connectivity index (χ2v) is 11.9. The van der Waals surface area contributed by atoms with Crippen LogP contribution in [-0.4, -0.2) is 166 Å². The van der Waals surface area contributed by atoms with Gasteiger partial charge in [0.15, 0.2) is 0 Å². The minimum Gasteiger partial charge on any atom is -0.480 e. The molecule has 0 bridgehead atoms. The Hall–Kier alpha value is -1.87. The Morgan fingerprint density at radius 1 is 0.667 bits per heavy atom. The highest BCUT2D eigenvalue weighted by atomic mass is 16.6. The van der Waals surface area contributed by atoms with Crippen molar-refractivity contribution in [3.8, 4) is 0 Å². The smallest absolute Gasteiger partial charge is 0.320 e. The van der Waals surface area contributed by atoms with Crippen molar-refractivity contribution < 1.29 is 44.3 Å². The molecule has 2 atom stereocenters. The summed E-state index contributed by atoms with van der Waals surface area (Å²) in [5, 5.41) is 39.2. The van der Waals surface area contributed by atoms with Crippen molar-refractivity contribution in [3.63, 3.8) is 0 Å². The molecule has 0 amide bonds. The summed E-state index contributed by atoms with van der Waals surface area (Å²) in [6.45, 7) is 12.5. The van der Waals surface area contributed by atoms with Gasteiger partial charge in [0, 0.05) is 52.4 Å². The molecule has 1 aliphatic rings. The van der Waals surface area contributed by atoms with Crippen LogP contribution in [0.3, 0.4) is 0 Å². The maximum Gasteiger partial charge on any atom is 0.320 e. The van der Waals surface area contributed by atoms with Gasteiger partial charge >= 0.3 is 17.9 Å². The van der Waals surface area contributed by atoms with Crippen LogP contribution < -0.4 is 0 Å². The number of carboxylic acids is 1. The zero-order chi connectivity index (χ0) is 29.8. The molecule has 13 heteroatoms. The zero-order valence-electron chi connectivity index (χ0n) is 24.5. The molecule has 0 aromatic carbocycles. The van der Waals surface area contributed by atoms with Crippen molar-refractivity contribution in [3.05, 3.63) is 0 Å². The van der Waals surface area contributed by atoms with Gasteiger partial charge < -0.3 is 29.9 Å². The number of ether oxygens (including phenoxy) is 2. The normalized spacial score (nSPS) is 19.9. The number of esters is 2. The van der Waals surface area contributed by atoms with Crippen LogP contribution in [0.2, 0.25) is 0 Å². The average Bonchev–Trinajstić information content (AvgIpc) is 2.77. The van der Waals surface area contributed by atoms with Crippen molar-refractivity contribution in [1.82, 2.24) is 19.6 Å². The predicted octanol–water partition coefficient (Wildman–Crippen LogP) is -1.31. The van der Waals surface area contributed by atoms with Gasteiger partial charge in [0.05, 0.1) is 45.0 Å². The summed E-state index contributed by atoms with van der Waals surface area (Å²) < 4.78 is 11.0. The second-order valence-electron chi connectivity index (χ2n) is 11.9. The molecule has 0 aliphatic carbocycles. The lowest BCUT2D eigenvalue weighted by atomic mass is 10.1. The van der Waals surface area contributed by atoms with Crippen LogP contribution in [0.1, 0.15) is 41.5 Å². The predicted molar refractivity (Wildman–Crippen MR) is 144 cm³/mol. The van der Waals surface area contributed by atoms with Crippen LogP contribution in [0.4, 0.5) is 0 Å². The van der Waals surface area contributed by atoms with Crippen molar-refractivity contribution in [1.29, 1.82) is 0 Å². The van der Waals surface area contributed by atoms with Gasteiger partial charge in [0.2, 0.25) is 0 Å². The summed E-state index contributed by atoms with van der Waals surface area (Å²) >= 11 is 0. The highest BCUT2D eigenvalue weighted by Gasteiger charge is 2.28. The van der Waals surface area contributed by atoms with Crippen LogP contribution in [0.5, 0.6) is 0 Å². The molecule has 0 unspecified atom stereocenters. The lowest BCUT2D eigenvalue weighted by molar-refractivity contribution is -0.158. The molecule has 13 nitrogen and oxygen atoms in total. The minimum atomic E-state index is -1.19. The molecule has 1 rings (SSSR count).